The van der Waals surface area contributed by atoms with E-state index in [0.29, 0.717) is 6.04 Å². The summed E-state index contributed by atoms with van der Waals surface area (Å²) in [6, 6.07) is 0.321. The molecule has 6 N–H and O–H groups in total. The van der Waals surface area contributed by atoms with Crippen molar-refractivity contribution in [1.29, 1.82) is 0 Å². The van der Waals surface area contributed by atoms with Gasteiger partial charge in [0.1, 0.15) is 6.29 Å². The molecular weight excluding hydrogens is 322 g/mol. The summed E-state index contributed by atoms with van der Waals surface area (Å²) >= 11 is 0. The molecule has 1 heterocycles. The molecule has 1 saturated carbocycles. The molecule has 0 spiro atoms. The number of rotatable bonds is 8. The molecule has 0 aromatic rings. The molecule has 1 aliphatic carbocycles. The second kappa shape index (κ2) is 10.9. The van der Waals surface area contributed by atoms with E-state index in [-0.39, 0.29) is 37.2 Å². The number of unbranched alkanes of at least 4 members (excludes halogenated alkanes) is 1. The van der Waals surface area contributed by atoms with E-state index in [9.17, 15) is 4.79 Å². The second-order valence-electron chi connectivity index (χ2n) is 7.18. The molecule has 2 fully saturated rings. The number of hydrogen-bond donors (Lipinski definition) is 6. The number of ether oxygens (including phenoxy) is 1. The lowest BCUT2D eigenvalue weighted by molar-refractivity contribution is 0.0601. The van der Waals surface area contributed by atoms with Crippen LogP contribution in [0.3, 0.4) is 0 Å². The molecule has 25 heavy (non-hydrogen) atoms. The van der Waals surface area contributed by atoms with Crippen molar-refractivity contribution in [2.24, 2.45) is 0 Å². The lowest BCUT2D eigenvalue weighted by Gasteiger charge is -2.37. The lowest BCUT2D eigenvalue weighted by atomic mass is 9.93. The Morgan fingerprint density at radius 2 is 2.04 bits per heavy atom. The molecule has 0 radical (unpaired) electrons. The Morgan fingerprint density at radius 1 is 1.20 bits per heavy atom. The summed E-state index contributed by atoms with van der Waals surface area (Å²) in [4.78, 5) is 12.3. The number of amides is 2. The lowest BCUT2D eigenvalue weighted by Crippen LogP contribution is -2.68. The van der Waals surface area contributed by atoms with E-state index in [1.165, 1.54) is 0 Å². The summed E-state index contributed by atoms with van der Waals surface area (Å²) in [6.07, 6.45) is 6.86. The first-order valence-electron chi connectivity index (χ1n) is 9.57. The van der Waals surface area contributed by atoms with Crippen LogP contribution in [0.2, 0.25) is 0 Å². The van der Waals surface area contributed by atoms with Crippen LogP contribution in [0.15, 0.2) is 0 Å². The molecule has 1 saturated heterocycles. The van der Waals surface area contributed by atoms with Gasteiger partial charge in [-0.05, 0) is 58.4 Å². The summed E-state index contributed by atoms with van der Waals surface area (Å²) in [7, 11) is 1.73. The van der Waals surface area contributed by atoms with Crippen LogP contribution in [0, 0.1) is 0 Å². The van der Waals surface area contributed by atoms with Crippen molar-refractivity contribution < 1.29 is 14.6 Å². The van der Waals surface area contributed by atoms with Crippen LogP contribution in [0.4, 0.5) is 4.79 Å². The quantitative estimate of drug-likeness (QED) is 0.346. The molecule has 8 heteroatoms. The molecule has 0 aromatic heterocycles. The number of aliphatic hydroxyl groups is 1. The van der Waals surface area contributed by atoms with E-state index >= 15 is 0 Å². The van der Waals surface area contributed by atoms with Crippen LogP contribution in [-0.4, -0.2) is 62.0 Å². The fourth-order valence-electron chi connectivity index (χ4n) is 3.61. The van der Waals surface area contributed by atoms with Gasteiger partial charge in [0.25, 0.3) is 0 Å². The minimum absolute atomic E-state index is 0.146. The van der Waals surface area contributed by atoms with E-state index in [4.69, 9.17) is 9.84 Å². The maximum atomic E-state index is 12.3. The Morgan fingerprint density at radius 3 is 2.80 bits per heavy atom. The van der Waals surface area contributed by atoms with Crippen LogP contribution < -0.4 is 26.6 Å². The molecule has 0 bridgehead atoms. The van der Waals surface area contributed by atoms with Crippen molar-refractivity contribution in [2.75, 3.05) is 20.3 Å². The Labute approximate surface area is 150 Å². The van der Waals surface area contributed by atoms with Crippen LogP contribution >= 0.6 is 0 Å². The summed E-state index contributed by atoms with van der Waals surface area (Å²) in [5.41, 5.74) is 0. The molecule has 8 nitrogen and oxygen atoms in total. The highest BCUT2D eigenvalue weighted by molar-refractivity contribution is 5.74. The maximum Gasteiger partial charge on any atom is 0.317 e. The zero-order chi connectivity index (χ0) is 18.1. The van der Waals surface area contributed by atoms with E-state index in [2.05, 4.69) is 33.5 Å². The standard InChI is InChI=1S/C17H35N5O3/c1-12-10-15(18-8-3-4-9-23)21-16(19-12)22-17(24)20-13-6-5-7-14(11-13)25-2/h12-16,18-19,21,23H,3-11H2,1-2H3,(H2,20,22,24). The molecule has 2 aliphatic rings. The number of carbonyl (C=O) groups excluding carboxylic acids is 1. The normalized spacial score (nSPS) is 33.0. The SMILES string of the molecule is COC1CCCC(NC(=O)NC2NC(C)CC(NCCCCO)N2)C1. The number of aliphatic hydroxyl groups excluding tert-OH is 1. The number of nitrogens with one attached hydrogen (secondary N) is 5. The summed E-state index contributed by atoms with van der Waals surface area (Å²) < 4.78 is 5.42. The Balaban J connectivity index is 1.71. The summed E-state index contributed by atoms with van der Waals surface area (Å²) in [6.45, 7) is 3.19. The Kier molecular flexibility index (Phi) is 8.91. The molecule has 0 aromatic carbocycles. The maximum absolute atomic E-state index is 12.3. The minimum Gasteiger partial charge on any atom is -0.396 e. The van der Waals surface area contributed by atoms with Crippen LogP contribution in [-0.2, 0) is 4.74 Å². The smallest absolute Gasteiger partial charge is 0.317 e. The first-order valence-corrected chi connectivity index (χ1v) is 9.57. The Bertz CT molecular complexity index is 398. The third kappa shape index (κ3) is 7.45. The number of hydrogen-bond acceptors (Lipinski definition) is 6. The molecule has 2 amide bonds. The van der Waals surface area contributed by atoms with Crippen molar-refractivity contribution in [2.45, 2.75) is 82.5 Å². The highest BCUT2D eigenvalue weighted by atomic mass is 16.5. The Hall–Kier alpha value is -0.930. The molecule has 2 rings (SSSR count). The predicted molar refractivity (Wildman–Crippen MR) is 97.0 cm³/mol. The van der Waals surface area contributed by atoms with Crippen LogP contribution in [0.5, 0.6) is 0 Å². The molecule has 1 aliphatic heterocycles. The average Bonchev–Trinajstić information content (AvgIpc) is 2.58. The summed E-state index contributed by atoms with van der Waals surface area (Å²) in [5, 5.41) is 25.0. The fraction of sp³-hybridized carbons (Fsp3) is 0.941. The van der Waals surface area contributed by atoms with Crippen molar-refractivity contribution >= 4 is 6.03 Å². The minimum atomic E-state index is -0.263. The van der Waals surface area contributed by atoms with Gasteiger partial charge in [0.2, 0.25) is 0 Å². The van der Waals surface area contributed by atoms with Crippen molar-refractivity contribution in [1.82, 2.24) is 26.6 Å². The molecule has 5 atom stereocenters. The van der Waals surface area contributed by atoms with Gasteiger partial charge in [-0.25, -0.2) is 4.79 Å². The van der Waals surface area contributed by atoms with Crippen LogP contribution in [0.1, 0.15) is 51.9 Å². The molecule has 5 unspecified atom stereocenters. The van der Waals surface area contributed by atoms with E-state index < -0.39 is 0 Å². The number of carbonyl (C=O) groups is 1. The largest absolute Gasteiger partial charge is 0.396 e. The van der Waals surface area contributed by atoms with Crippen molar-refractivity contribution in [3.63, 3.8) is 0 Å². The first kappa shape index (κ1) is 20.4. The first-order chi connectivity index (χ1) is 12.1. The third-order valence-corrected chi connectivity index (χ3v) is 4.95. The third-order valence-electron chi connectivity index (χ3n) is 4.95. The zero-order valence-corrected chi connectivity index (χ0v) is 15.5. The second-order valence-corrected chi connectivity index (χ2v) is 7.18. The van der Waals surface area contributed by atoms with Gasteiger partial charge in [-0.1, -0.05) is 0 Å². The fourth-order valence-corrected chi connectivity index (χ4v) is 3.61. The van der Waals surface area contributed by atoms with Gasteiger partial charge in [0.15, 0.2) is 0 Å². The zero-order valence-electron chi connectivity index (χ0n) is 15.5. The van der Waals surface area contributed by atoms with E-state index in [1.54, 1.807) is 7.11 Å². The van der Waals surface area contributed by atoms with Gasteiger partial charge in [0, 0.05) is 25.8 Å². The summed E-state index contributed by atoms with van der Waals surface area (Å²) in [5.74, 6) is 0. The van der Waals surface area contributed by atoms with E-state index in [1.807, 2.05) is 0 Å². The predicted octanol–water partition coefficient (Wildman–Crippen LogP) is 0.186. The van der Waals surface area contributed by atoms with Gasteiger partial charge in [0.05, 0.1) is 12.3 Å². The average molecular weight is 357 g/mol. The number of urea groups is 1. The number of methoxy groups -OCH3 is 1. The topological polar surface area (TPSA) is 107 Å². The molecular formula is C17H35N5O3. The van der Waals surface area contributed by atoms with Gasteiger partial charge in [-0.15, -0.1) is 0 Å². The van der Waals surface area contributed by atoms with Crippen molar-refractivity contribution in [3.8, 4) is 0 Å². The van der Waals surface area contributed by atoms with Gasteiger partial charge in [-0.2, -0.15) is 0 Å². The highest BCUT2D eigenvalue weighted by Crippen LogP contribution is 2.20. The monoisotopic (exact) mass is 357 g/mol. The van der Waals surface area contributed by atoms with Gasteiger partial charge in [-0.3, -0.25) is 10.6 Å². The van der Waals surface area contributed by atoms with Crippen molar-refractivity contribution in [3.05, 3.63) is 0 Å². The van der Waals surface area contributed by atoms with Gasteiger partial charge < -0.3 is 25.8 Å². The molecule has 146 valence electrons. The van der Waals surface area contributed by atoms with Crippen LogP contribution in [0.25, 0.3) is 0 Å². The highest BCUT2D eigenvalue weighted by Gasteiger charge is 2.27. The van der Waals surface area contributed by atoms with E-state index in [0.717, 1.165) is 51.5 Å². The van der Waals surface area contributed by atoms with Gasteiger partial charge >= 0.3 is 6.03 Å².